The molecule has 1 aromatic rings. The molecular formula is C10H9F2NO3. The molecule has 0 saturated heterocycles. The second-order valence-corrected chi connectivity index (χ2v) is 3.18. The summed E-state index contributed by atoms with van der Waals surface area (Å²) in [6.45, 7) is 1.19. The molecule has 0 aromatic heterocycles. The average molecular weight is 229 g/mol. The van der Waals surface area contributed by atoms with Crippen LogP contribution in [0, 0.1) is 17.6 Å². The second-order valence-electron chi connectivity index (χ2n) is 3.18. The average Bonchev–Trinajstić information content (AvgIpc) is 2.22. The third kappa shape index (κ3) is 2.75. The lowest BCUT2D eigenvalue weighted by molar-refractivity contribution is -0.144. The van der Waals surface area contributed by atoms with Crippen molar-refractivity contribution in [2.45, 2.75) is 6.92 Å². The van der Waals surface area contributed by atoms with Crippen molar-refractivity contribution < 1.29 is 23.5 Å². The summed E-state index contributed by atoms with van der Waals surface area (Å²) < 4.78 is 25.3. The Balaban J connectivity index is 2.77. The van der Waals surface area contributed by atoms with Crippen LogP contribution in [0.25, 0.3) is 0 Å². The Kier molecular flexibility index (Phi) is 3.55. The van der Waals surface area contributed by atoms with Gasteiger partial charge in [0.1, 0.15) is 5.92 Å². The maximum Gasteiger partial charge on any atom is 0.315 e. The summed E-state index contributed by atoms with van der Waals surface area (Å²) in [4.78, 5) is 21.7. The van der Waals surface area contributed by atoms with Crippen LogP contribution in [0.4, 0.5) is 14.5 Å². The number of carboxylic acids is 1. The van der Waals surface area contributed by atoms with E-state index >= 15 is 0 Å². The van der Waals surface area contributed by atoms with Crippen molar-refractivity contribution in [2.75, 3.05) is 5.32 Å². The van der Waals surface area contributed by atoms with E-state index in [1.165, 1.54) is 6.92 Å². The van der Waals surface area contributed by atoms with Gasteiger partial charge in [-0.05, 0) is 19.1 Å². The maximum atomic E-state index is 12.7. The van der Waals surface area contributed by atoms with Crippen molar-refractivity contribution in [3.05, 3.63) is 29.8 Å². The molecule has 0 aliphatic rings. The first kappa shape index (κ1) is 12.1. The van der Waals surface area contributed by atoms with E-state index in [-0.39, 0.29) is 5.69 Å². The summed E-state index contributed by atoms with van der Waals surface area (Å²) in [5, 5.41) is 10.7. The van der Waals surface area contributed by atoms with E-state index in [0.717, 1.165) is 18.2 Å². The summed E-state index contributed by atoms with van der Waals surface area (Å²) in [5.41, 5.74) is 0.0111. The minimum absolute atomic E-state index is 0.0111. The Morgan fingerprint density at radius 2 is 1.94 bits per heavy atom. The largest absolute Gasteiger partial charge is 0.481 e. The fraction of sp³-hybridized carbons (Fsp3) is 0.200. The van der Waals surface area contributed by atoms with Crippen molar-refractivity contribution in [3.8, 4) is 0 Å². The van der Waals surface area contributed by atoms with Crippen molar-refractivity contribution in [1.29, 1.82) is 0 Å². The van der Waals surface area contributed by atoms with Gasteiger partial charge in [-0.25, -0.2) is 8.78 Å². The van der Waals surface area contributed by atoms with Crippen LogP contribution in [-0.2, 0) is 9.59 Å². The van der Waals surface area contributed by atoms with E-state index in [2.05, 4.69) is 5.32 Å². The van der Waals surface area contributed by atoms with Gasteiger partial charge < -0.3 is 10.4 Å². The van der Waals surface area contributed by atoms with Crippen LogP contribution < -0.4 is 5.32 Å². The lowest BCUT2D eigenvalue weighted by Crippen LogP contribution is -2.26. The number of amides is 1. The van der Waals surface area contributed by atoms with Gasteiger partial charge in [-0.2, -0.15) is 0 Å². The molecule has 86 valence electrons. The molecule has 4 nitrogen and oxygen atoms in total. The van der Waals surface area contributed by atoms with Gasteiger partial charge in [-0.15, -0.1) is 0 Å². The number of carbonyl (C=O) groups is 2. The molecule has 0 radical (unpaired) electrons. The topological polar surface area (TPSA) is 66.4 Å². The first-order valence-electron chi connectivity index (χ1n) is 4.40. The van der Waals surface area contributed by atoms with Crippen LogP contribution in [-0.4, -0.2) is 17.0 Å². The smallest absolute Gasteiger partial charge is 0.315 e. The number of hydrogen-bond donors (Lipinski definition) is 2. The number of carboxylic acid groups (broad SMARTS) is 1. The van der Waals surface area contributed by atoms with Crippen molar-refractivity contribution in [1.82, 2.24) is 0 Å². The monoisotopic (exact) mass is 229 g/mol. The van der Waals surface area contributed by atoms with Crippen molar-refractivity contribution in [3.63, 3.8) is 0 Å². The summed E-state index contributed by atoms with van der Waals surface area (Å²) in [6.07, 6.45) is 0. The number of rotatable bonds is 3. The van der Waals surface area contributed by atoms with E-state index < -0.39 is 29.4 Å². The highest BCUT2D eigenvalue weighted by molar-refractivity contribution is 6.03. The summed E-state index contributed by atoms with van der Waals surface area (Å²) >= 11 is 0. The van der Waals surface area contributed by atoms with E-state index in [1.54, 1.807) is 0 Å². The Morgan fingerprint density at radius 3 is 2.44 bits per heavy atom. The summed E-state index contributed by atoms with van der Waals surface area (Å²) in [7, 11) is 0. The van der Waals surface area contributed by atoms with Gasteiger partial charge in [-0.1, -0.05) is 0 Å². The highest BCUT2D eigenvalue weighted by atomic mass is 19.2. The summed E-state index contributed by atoms with van der Waals surface area (Å²) in [6, 6.07) is 2.77. The Labute approximate surface area is 89.9 Å². The second kappa shape index (κ2) is 4.69. The number of benzene rings is 1. The highest BCUT2D eigenvalue weighted by Gasteiger charge is 2.20. The molecule has 0 spiro atoms. The predicted octanol–water partition coefficient (Wildman–Crippen LogP) is 1.62. The molecule has 1 unspecified atom stereocenters. The number of hydrogen-bond acceptors (Lipinski definition) is 2. The molecule has 1 amide bonds. The van der Waals surface area contributed by atoms with Crippen LogP contribution in [0.1, 0.15) is 6.92 Å². The molecule has 0 heterocycles. The molecule has 0 aliphatic carbocycles. The van der Waals surface area contributed by atoms with Crippen LogP contribution in [0.3, 0.4) is 0 Å². The number of halogens is 2. The predicted molar refractivity (Wildman–Crippen MR) is 51.8 cm³/mol. The Hall–Kier alpha value is -1.98. The molecule has 1 atom stereocenters. The molecule has 16 heavy (non-hydrogen) atoms. The molecule has 0 bridgehead atoms. The van der Waals surface area contributed by atoms with Crippen LogP contribution in [0.5, 0.6) is 0 Å². The van der Waals surface area contributed by atoms with Gasteiger partial charge in [0.15, 0.2) is 11.6 Å². The fourth-order valence-electron chi connectivity index (χ4n) is 0.937. The minimum atomic E-state index is -1.29. The van der Waals surface area contributed by atoms with Gasteiger partial charge in [0.05, 0.1) is 0 Å². The molecule has 2 N–H and O–H groups in total. The van der Waals surface area contributed by atoms with Gasteiger partial charge in [0.2, 0.25) is 5.91 Å². The van der Waals surface area contributed by atoms with Crippen LogP contribution >= 0.6 is 0 Å². The SMILES string of the molecule is CC(C(=O)O)C(=O)Nc1ccc(F)c(F)c1. The van der Waals surface area contributed by atoms with Crippen molar-refractivity contribution in [2.24, 2.45) is 5.92 Å². The zero-order chi connectivity index (χ0) is 12.3. The first-order chi connectivity index (χ1) is 7.41. The molecule has 0 saturated carbocycles. The van der Waals surface area contributed by atoms with Crippen molar-refractivity contribution >= 4 is 17.6 Å². The number of nitrogens with one attached hydrogen (secondary N) is 1. The van der Waals surface area contributed by atoms with Gasteiger partial charge in [-0.3, -0.25) is 9.59 Å². The zero-order valence-electron chi connectivity index (χ0n) is 8.33. The number of aliphatic carboxylic acids is 1. The number of carbonyl (C=O) groups excluding carboxylic acids is 1. The highest BCUT2D eigenvalue weighted by Crippen LogP contribution is 2.14. The van der Waals surface area contributed by atoms with Crippen LogP contribution in [0.15, 0.2) is 18.2 Å². The molecule has 6 heteroatoms. The quantitative estimate of drug-likeness (QED) is 0.774. The zero-order valence-corrected chi connectivity index (χ0v) is 8.33. The third-order valence-corrected chi connectivity index (χ3v) is 1.95. The number of anilines is 1. The third-order valence-electron chi connectivity index (χ3n) is 1.95. The lowest BCUT2D eigenvalue weighted by atomic mass is 10.1. The summed E-state index contributed by atoms with van der Waals surface area (Å²) in [5.74, 6) is -5.49. The molecule has 1 rings (SSSR count). The molecule has 0 aliphatic heterocycles. The van der Waals surface area contributed by atoms with E-state index in [1.807, 2.05) is 0 Å². The van der Waals surface area contributed by atoms with Gasteiger partial charge >= 0.3 is 5.97 Å². The molecular weight excluding hydrogens is 220 g/mol. The lowest BCUT2D eigenvalue weighted by Gasteiger charge is -2.08. The fourth-order valence-corrected chi connectivity index (χ4v) is 0.937. The van der Waals surface area contributed by atoms with E-state index in [4.69, 9.17) is 5.11 Å². The molecule has 0 fully saturated rings. The minimum Gasteiger partial charge on any atom is -0.481 e. The maximum absolute atomic E-state index is 12.7. The Bertz CT molecular complexity index is 434. The van der Waals surface area contributed by atoms with E-state index in [9.17, 15) is 18.4 Å². The van der Waals surface area contributed by atoms with Gasteiger partial charge in [0.25, 0.3) is 0 Å². The Morgan fingerprint density at radius 1 is 1.31 bits per heavy atom. The standard InChI is InChI=1S/C10H9F2NO3/c1-5(10(15)16)9(14)13-6-2-3-7(11)8(12)4-6/h2-5H,1H3,(H,13,14)(H,15,16). The van der Waals surface area contributed by atoms with Crippen LogP contribution in [0.2, 0.25) is 0 Å². The first-order valence-corrected chi connectivity index (χ1v) is 4.40. The molecule has 1 aromatic carbocycles. The van der Waals surface area contributed by atoms with E-state index in [0.29, 0.717) is 0 Å². The normalized spacial score (nSPS) is 11.9. The van der Waals surface area contributed by atoms with Gasteiger partial charge in [0, 0.05) is 11.8 Å².